The first-order valence-electron chi connectivity index (χ1n) is 32.0. The van der Waals surface area contributed by atoms with E-state index in [2.05, 4.69) is 116 Å². The standard InChI is InChI=1S/C32H32N8O2.C25H22BrN7O.C14H17NO3S/c1-41-30-7-4-22(13-36-30)16-39-25-10-26(39)18-38(17-25)29-6-5-23(14-35-29)28-11-27(19-40-31(28)24(12-33)15-37-40)42-21-32(20-34)8-2-3-9-32;1-34-24-5-2-16(9-29-24)12-32-20-7-21(32)15-31(14-20)23-4-3-17(10-28-23)22-6-19(26)13-33-25(22)18(8-27)11-30-33;1-12-4-6-13(7-5-12)19(16,17)18-11-14(10-15)8-2-3-9-14/h4-7,11,13-15,19,25-26H,2-3,8-10,16-18,21H2,1H3;2-6,9-11,13,20-21H,7,12,14-15H2,1H3;4-7H,2-3,8-9,11H2,1H3. The van der Waals surface area contributed by atoms with Crippen molar-refractivity contribution in [3.8, 4) is 64.0 Å². The molecule has 4 unspecified atom stereocenters. The van der Waals surface area contributed by atoms with Crippen LogP contribution in [0, 0.1) is 63.1 Å². The van der Waals surface area contributed by atoms with Crippen molar-refractivity contribution in [1.82, 2.24) is 49.0 Å². The molecule has 2 aliphatic carbocycles. The summed E-state index contributed by atoms with van der Waals surface area (Å²) in [6.07, 6.45) is 24.0. The maximum Gasteiger partial charge on any atom is 0.297 e. The molecule has 24 heteroatoms. The van der Waals surface area contributed by atoms with Crippen LogP contribution in [0.15, 0.2) is 144 Å². The molecule has 4 atom stereocenters. The van der Waals surface area contributed by atoms with Gasteiger partial charge in [0.05, 0.1) is 89.4 Å². The van der Waals surface area contributed by atoms with E-state index < -0.39 is 20.9 Å². The van der Waals surface area contributed by atoms with Gasteiger partial charge < -0.3 is 24.0 Å². The fraction of sp³-hybridized carbons (Fsp3) is 0.380. The number of nitrogens with zero attached hydrogens (tertiary/aromatic N) is 16. The van der Waals surface area contributed by atoms with Crippen LogP contribution in [0.5, 0.6) is 17.5 Å². The van der Waals surface area contributed by atoms with Gasteiger partial charge in [0.2, 0.25) is 11.8 Å². The summed E-state index contributed by atoms with van der Waals surface area (Å²) in [6.45, 7) is 7.80. The smallest absolute Gasteiger partial charge is 0.297 e. The molecule has 8 fully saturated rings. The fourth-order valence-electron chi connectivity index (χ4n) is 14.1. The summed E-state index contributed by atoms with van der Waals surface area (Å²) in [5, 5.41) is 46.9. The zero-order chi connectivity index (χ0) is 65.8. The minimum absolute atomic E-state index is 0.0420. The highest BCUT2D eigenvalue weighted by molar-refractivity contribution is 9.10. The number of piperidine rings is 2. The van der Waals surface area contributed by atoms with Crippen molar-refractivity contribution in [1.29, 1.82) is 21.0 Å². The Morgan fingerprint density at radius 1 is 0.568 bits per heavy atom. The molecular formula is C71H71BrN16O6S. The number of pyridine rings is 6. The summed E-state index contributed by atoms with van der Waals surface area (Å²) < 4.78 is 50.0. The van der Waals surface area contributed by atoms with Crippen LogP contribution in [0.1, 0.15) is 92.0 Å². The number of hydrogen-bond donors (Lipinski definition) is 0. The van der Waals surface area contributed by atoms with Gasteiger partial charge in [-0.25, -0.2) is 29.0 Å². The van der Waals surface area contributed by atoms with Gasteiger partial charge in [-0.3, -0.25) is 14.0 Å². The van der Waals surface area contributed by atoms with E-state index in [4.69, 9.17) is 28.4 Å². The second-order valence-electron chi connectivity index (χ2n) is 25.6. The Bertz CT molecular complexity index is 4510. The number of fused-ring (bicyclic) bond motifs is 6. The lowest BCUT2D eigenvalue weighted by Gasteiger charge is -2.56. The minimum Gasteiger partial charge on any atom is -0.490 e. The van der Waals surface area contributed by atoms with E-state index in [1.54, 1.807) is 54.0 Å². The molecule has 484 valence electrons. The third-order valence-corrected chi connectivity index (χ3v) is 21.2. The number of hydrogen-bond acceptors (Lipinski definition) is 20. The molecule has 9 aromatic rings. The summed E-state index contributed by atoms with van der Waals surface area (Å²) in [5.74, 6) is 3.85. The van der Waals surface area contributed by atoms with E-state index in [1.165, 1.54) is 36.1 Å². The van der Waals surface area contributed by atoms with Crippen molar-refractivity contribution >= 4 is 48.7 Å². The van der Waals surface area contributed by atoms with Gasteiger partial charge >= 0.3 is 0 Å². The highest BCUT2D eigenvalue weighted by atomic mass is 79.9. The van der Waals surface area contributed by atoms with Crippen molar-refractivity contribution in [2.45, 2.75) is 113 Å². The van der Waals surface area contributed by atoms with Gasteiger partial charge in [-0.2, -0.15) is 39.7 Å². The number of nitriles is 4. The van der Waals surface area contributed by atoms with Crippen LogP contribution >= 0.6 is 15.9 Å². The average molecular weight is 1360 g/mol. The van der Waals surface area contributed by atoms with Gasteiger partial charge in [-0.05, 0) is 121 Å². The molecule has 4 bridgehead atoms. The number of ether oxygens (including phenoxy) is 3. The first kappa shape index (κ1) is 64.2. The Kier molecular flexibility index (Phi) is 18.5. The topological polar surface area (TPSA) is 265 Å². The predicted molar refractivity (Wildman–Crippen MR) is 358 cm³/mol. The van der Waals surface area contributed by atoms with Crippen molar-refractivity contribution in [3.63, 3.8) is 0 Å². The minimum atomic E-state index is -3.76. The van der Waals surface area contributed by atoms with Crippen molar-refractivity contribution in [3.05, 3.63) is 167 Å². The zero-order valence-corrected chi connectivity index (χ0v) is 55.5. The maximum atomic E-state index is 12.0. The first-order chi connectivity index (χ1) is 46.2. The number of anilines is 2. The number of aryl methyl sites for hydroxylation is 1. The number of piperazine rings is 2. The lowest BCUT2D eigenvalue weighted by molar-refractivity contribution is -0.00879. The summed E-state index contributed by atoms with van der Waals surface area (Å²) in [4.78, 5) is 28.3. The van der Waals surface area contributed by atoms with Gasteiger partial charge in [-0.15, -0.1) is 0 Å². The highest BCUT2D eigenvalue weighted by Gasteiger charge is 2.46. The summed E-state index contributed by atoms with van der Waals surface area (Å²) in [5.41, 5.74) is 8.51. The molecule has 1 aromatic carbocycles. The number of methoxy groups -OCH3 is 2. The van der Waals surface area contributed by atoms with E-state index in [0.717, 1.165) is 133 Å². The molecular weight excluding hydrogens is 1280 g/mol. The Morgan fingerprint density at radius 3 is 1.47 bits per heavy atom. The lowest BCUT2D eigenvalue weighted by Crippen LogP contribution is -2.68. The summed E-state index contributed by atoms with van der Waals surface area (Å²) >= 11 is 3.55. The molecule has 6 aliphatic heterocycles. The number of benzene rings is 1. The van der Waals surface area contributed by atoms with E-state index in [0.29, 0.717) is 72.3 Å². The Balaban J connectivity index is 0.000000138. The third kappa shape index (κ3) is 13.6. The Labute approximate surface area is 560 Å². The average Bonchev–Trinajstić information content (AvgIpc) is 1.79. The lowest BCUT2D eigenvalue weighted by atomic mass is 9.87. The monoisotopic (exact) mass is 1350 g/mol. The van der Waals surface area contributed by atoms with Crippen molar-refractivity contribution in [2.75, 3.05) is 63.4 Å². The SMILES string of the molecule is COc1ccc(CN2C3CC2CN(c2ccc(-c4cc(Br)cn5ncc(C#N)c45)cn2)C3)cn1.COc1ccc(CN2C3CC2CN(c2ccc(-c4cc(OCC5(C#N)CCCC5)cn5ncc(C#N)c45)cn2)C3)cn1.Cc1ccc(S(=O)(=O)OCC2(C#N)CCCC2)cc1. The molecule has 0 N–H and O–H groups in total. The number of aromatic nitrogens is 8. The van der Waals surface area contributed by atoms with Crippen LogP contribution in [-0.2, 0) is 27.4 Å². The molecule has 0 amide bonds. The molecule has 8 aromatic heterocycles. The van der Waals surface area contributed by atoms with Crippen LogP contribution < -0.4 is 24.0 Å². The molecule has 8 aliphatic rings. The van der Waals surface area contributed by atoms with Gasteiger partial charge in [0.25, 0.3) is 10.1 Å². The largest absolute Gasteiger partial charge is 0.490 e. The molecule has 6 saturated heterocycles. The Morgan fingerprint density at radius 2 is 1.04 bits per heavy atom. The second kappa shape index (κ2) is 27.4. The van der Waals surface area contributed by atoms with Crippen LogP contribution in [-0.4, -0.2) is 135 Å². The van der Waals surface area contributed by atoms with Gasteiger partial charge in [0, 0.05) is 133 Å². The van der Waals surface area contributed by atoms with Gasteiger partial charge in [-0.1, -0.05) is 55.5 Å². The van der Waals surface area contributed by atoms with E-state index >= 15 is 0 Å². The zero-order valence-electron chi connectivity index (χ0n) is 53.1. The van der Waals surface area contributed by atoms with E-state index in [9.17, 15) is 29.5 Å². The maximum absolute atomic E-state index is 12.0. The molecule has 22 nitrogen and oxygen atoms in total. The normalized spacial score (nSPS) is 19.9. The van der Waals surface area contributed by atoms with Crippen LogP contribution in [0.3, 0.4) is 0 Å². The van der Waals surface area contributed by atoms with Gasteiger partial charge in [0.15, 0.2) is 0 Å². The van der Waals surface area contributed by atoms with Crippen LogP contribution in [0.25, 0.3) is 33.3 Å². The summed E-state index contributed by atoms with van der Waals surface area (Å²) in [7, 11) is -0.494. The first-order valence-corrected chi connectivity index (χ1v) is 34.2. The van der Waals surface area contributed by atoms with Crippen molar-refractivity contribution < 1.29 is 26.8 Å². The van der Waals surface area contributed by atoms with E-state index in [1.807, 2.05) is 62.2 Å². The van der Waals surface area contributed by atoms with Gasteiger partial charge in [0.1, 0.15) is 36.1 Å². The molecule has 95 heavy (non-hydrogen) atoms. The quantitative estimate of drug-likeness (QED) is 0.0767. The predicted octanol–water partition coefficient (Wildman–Crippen LogP) is 11.3. The fourth-order valence-corrected chi connectivity index (χ4v) is 15.5. The third-order valence-electron chi connectivity index (χ3n) is 19.5. The molecule has 2 saturated carbocycles. The Hall–Kier alpha value is -9.53. The van der Waals surface area contributed by atoms with Crippen molar-refractivity contribution in [2.24, 2.45) is 10.8 Å². The number of rotatable bonds is 17. The second-order valence-corrected chi connectivity index (χ2v) is 28.1. The summed E-state index contributed by atoms with van der Waals surface area (Å²) in [6, 6.07) is 38.0. The van der Waals surface area contributed by atoms with Crippen LogP contribution in [0.2, 0.25) is 0 Å². The number of halogens is 1. The molecule has 0 spiro atoms. The molecule has 17 rings (SSSR count). The van der Waals surface area contributed by atoms with E-state index in [-0.39, 0.29) is 11.5 Å². The molecule has 14 heterocycles. The highest BCUT2D eigenvalue weighted by Crippen LogP contribution is 2.42. The molecule has 0 radical (unpaired) electrons. The van der Waals surface area contributed by atoms with Crippen LogP contribution in [0.4, 0.5) is 11.6 Å².